The average molecular weight is 525 g/mol. The van der Waals surface area contributed by atoms with E-state index in [1.807, 2.05) is 43.3 Å². The summed E-state index contributed by atoms with van der Waals surface area (Å²) in [7, 11) is 0. The zero-order valence-corrected chi connectivity index (χ0v) is 21.7. The molecule has 0 saturated heterocycles. The molecule has 0 saturated carbocycles. The molecule has 1 aliphatic carbocycles. The van der Waals surface area contributed by atoms with Crippen molar-refractivity contribution in [1.82, 2.24) is 10.6 Å². The van der Waals surface area contributed by atoms with Crippen LogP contribution in [0.2, 0.25) is 0 Å². The maximum atomic E-state index is 12.9. The van der Waals surface area contributed by atoms with E-state index in [4.69, 9.17) is 14.3 Å². The van der Waals surface area contributed by atoms with E-state index < -0.39 is 11.9 Å². The molecule has 1 aromatic heterocycles. The SMILES string of the molecule is Cc1cc(OCC(=O)N[C@@H](CSCc2ccccc2)C(=O)NCCCO)c2c3c(c(=O)oc2c1)CCC3. The van der Waals surface area contributed by atoms with Gasteiger partial charge in [0.15, 0.2) is 6.61 Å². The molecule has 1 aliphatic rings. The second-order valence-corrected chi connectivity index (χ2v) is 10.1. The summed E-state index contributed by atoms with van der Waals surface area (Å²) in [6.45, 7) is 1.89. The molecule has 0 spiro atoms. The molecule has 0 aliphatic heterocycles. The number of thioether (sulfide) groups is 1. The molecule has 3 aromatic rings. The highest BCUT2D eigenvalue weighted by molar-refractivity contribution is 7.98. The Bertz CT molecular complexity index is 1310. The molecule has 2 amide bonds. The van der Waals surface area contributed by atoms with E-state index >= 15 is 0 Å². The number of fused-ring (bicyclic) bond motifs is 3. The predicted molar refractivity (Wildman–Crippen MR) is 144 cm³/mol. The quantitative estimate of drug-likeness (QED) is 0.246. The van der Waals surface area contributed by atoms with E-state index in [9.17, 15) is 14.4 Å². The summed E-state index contributed by atoms with van der Waals surface area (Å²) in [5.41, 5.74) is 3.74. The highest BCUT2D eigenvalue weighted by Crippen LogP contribution is 2.35. The van der Waals surface area contributed by atoms with Gasteiger partial charge in [-0.1, -0.05) is 30.3 Å². The number of hydrogen-bond donors (Lipinski definition) is 3. The van der Waals surface area contributed by atoms with Gasteiger partial charge in [-0.2, -0.15) is 11.8 Å². The van der Waals surface area contributed by atoms with Gasteiger partial charge in [0.25, 0.3) is 5.91 Å². The summed E-state index contributed by atoms with van der Waals surface area (Å²) in [5, 5.41) is 15.3. The molecule has 196 valence electrons. The van der Waals surface area contributed by atoms with Crippen LogP contribution in [-0.4, -0.2) is 48.5 Å². The number of aliphatic hydroxyl groups excluding tert-OH is 1. The Labute approximate surface area is 219 Å². The molecule has 0 fully saturated rings. The molecule has 1 atom stereocenters. The Morgan fingerprint density at radius 3 is 2.73 bits per heavy atom. The van der Waals surface area contributed by atoms with Crippen LogP contribution in [0.3, 0.4) is 0 Å². The first-order valence-electron chi connectivity index (χ1n) is 12.5. The minimum absolute atomic E-state index is 0.0256. The largest absolute Gasteiger partial charge is 0.483 e. The monoisotopic (exact) mass is 524 g/mol. The third-order valence-corrected chi connectivity index (χ3v) is 7.33. The first-order valence-corrected chi connectivity index (χ1v) is 13.6. The number of benzene rings is 2. The molecule has 37 heavy (non-hydrogen) atoms. The van der Waals surface area contributed by atoms with Gasteiger partial charge < -0.3 is 24.9 Å². The van der Waals surface area contributed by atoms with Gasteiger partial charge in [0.05, 0.1) is 5.39 Å². The number of aryl methyl sites for hydroxylation is 2. The Balaban J connectivity index is 1.43. The van der Waals surface area contributed by atoms with Gasteiger partial charge in [-0.25, -0.2) is 4.79 Å². The molecule has 4 rings (SSSR count). The predicted octanol–water partition coefficient (Wildman–Crippen LogP) is 2.89. The summed E-state index contributed by atoms with van der Waals surface area (Å²) < 4.78 is 11.5. The Morgan fingerprint density at radius 2 is 1.95 bits per heavy atom. The topological polar surface area (TPSA) is 118 Å². The molecule has 0 unspecified atom stereocenters. The first-order chi connectivity index (χ1) is 18.0. The van der Waals surface area contributed by atoms with Gasteiger partial charge in [0.2, 0.25) is 5.91 Å². The van der Waals surface area contributed by atoms with Gasteiger partial charge in [-0.05, 0) is 61.4 Å². The lowest BCUT2D eigenvalue weighted by Crippen LogP contribution is -2.49. The standard InChI is InChI=1S/C28H32N2O6S/c1-18-13-23(26-20-9-5-10-21(20)28(34)36-24(26)14-18)35-15-25(32)30-22(27(33)29-11-6-12-31)17-37-16-19-7-3-2-4-8-19/h2-4,7-8,13-14,22,31H,5-6,9-12,15-17H2,1H3,(H,29,33)(H,30,32)/t22-/m0/s1. The number of carbonyl (C=O) groups excluding carboxylic acids is 2. The fourth-order valence-electron chi connectivity index (χ4n) is 4.46. The minimum atomic E-state index is -0.750. The number of amides is 2. The number of carbonyl (C=O) groups is 2. The van der Waals surface area contributed by atoms with Crippen molar-refractivity contribution in [1.29, 1.82) is 0 Å². The third-order valence-electron chi connectivity index (χ3n) is 6.22. The van der Waals surface area contributed by atoms with Crippen molar-refractivity contribution in [2.75, 3.05) is 25.5 Å². The third kappa shape index (κ3) is 6.93. The summed E-state index contributed by atoms with van der Waals surface area (Å²) in [4.78, 5) is 38.0. The number of hydrogen-bond acceptors (Lipinski definition) is 7. The van der Waals surface area contributed by atoms with Crippen LogP contribution in [0.4, 0.5) is 0 Å². The van der Waals surface area contributed by atoms with Crippen molar-refractivity contribution in [2.45, 2.75) is 44.4 Å². The van der Waals surface area contributed by atoms with E-state index in [2.05, 4.69) is 10.6 Å². The maximum absolute atomic E-state index is 12.9. The summed E-state index contributed by atoms with van der Waals surface area (Å²) >= 11 is 1.55. The van der Waals surface area contributed by atoms with Gasteiger partial charge in [0.1, 0.15) is 17.4 Å². The van der Waals surface area contributed by atoms with Crippen molar-refractivity contribution < 1.29 is 23.8 Å². The fourth-order valence-corrected chi connectivity index (χ4v) is 5.48. The van der Waals surface area contributed by atoms with Crippen LogP contribution in [0.25, 0.3) is 11.0 Å². The van der Waals surface area contributed by atoms with Crippen LogP contribution in [0.1, 0.15) is 35.1 Å². The van der Waals surface area contributed by atoms with Crippen molar-refractivity contribution in [3.8, 4) is 5.75 Å². The minimum Gasteiger partial charge on any atom is -0.483 e. The average Bonchev–Trinajstić information content (AvgIpc) is 3.38. The van der Waals surface area contributed by atoms with Crippen LogP contribution < -0.4 is 21.0 Å². The van der Waals surface area contributed by atoms with Crippen LogP contribution in [0.5, 0.6) is 5.75 Å². The summed E-state index contributed by atoms with van der Waals surface area (Å²) in [6, 6.07) is 12.8. The smallest absolute Gasteiger partial charge is 0.339 e. The van der Waals surface area contributed by atoms with E-state index in [1.165, 1.54) is 0 Å². The molecule has 9 heteroatoms. The summed E-state index contributed by atoms with van der Waals surface area (Å²) in [6.07, 6.45) is 2.75. The number of ether oxygens (including phenoxy) is 1. The second kappa shape index (κ2) is 12.8. The molecule has 2 aromatic carbocycles. The molecule has 0 bridgehead atoms. The van der Waals surface area contributed by atoms with Gasteiger partial charge in [0, 0.05) is 30.2 Å². The second-order valence-electron chi connectivity index (χ2n) is 9.11. The lowest BCUT2D eigenvalue weighted by Gasteiger charge is -2.19. The number of rotatable bonds is 12. The van der Waals surface area contributed by atoms with Crippen molar-refractivity contribution >= 4 is 34.5 Å². The lowest BCUT2D eigenvalue weighted by molar-refractivity contribution is -0.129. The fraction of sp³-hybridized carbons (Fsp3) is 0.393. The zero-order valence-electron chi connectivity index (χ0n) is 20.9. The lowest BCUT2D eigenvalue weighted by atomic mass is 10.0. The van der Waals surface area contributed by atoms with Crippen molar-refractivity contribution in [3.63, 3.8) is 0 Å². The van der Waals surface area contributed by atoms with E-state index in [-0.39, 0.29) is 24.7 Å². The van der Waals surface area contributed by atoms with Crippen LogP contribution >= 0.6 is 11.8 Å². The van der Waals surface area contributed by atoms with E-state index in [0.29, 0.717) is 47.8 Å². The molecule has 8 nitrogen and oxygen atoms in total. The highest BCUT2D eigenvalue weighted by atomic mass is 32.2. The molecule has 1 heterocycles. The van der Waals surface area contributed by atoms with Crippen LogP contribution in [-0.2, 0) is 28.2 Å². The number of nitrogens with one attached hydrogen (secondary N) is 2. The van der Waals surface area contributed by atoms with Gasteiger partial charge in [-0.3, -0.25) is 9.59 Å². The zero-order chi connectivity index (χ0) is 26.2. The van der Waals surface area contributed by atoms with Gasteiger partial charge >= 0.3 is 5.63 Å². The number of aliphatic hydroxyl groups is 1. The van der Waals surface area contributed by atoms with Crippen LogP contribution in [0.15, 0.2) is 51.7 Å². The molecular weight excluding hydrogens is 492 g/mol. The van der Waals surface area contributed by atoms with Crippen molar-refractivity contribution in [3.05, 3.63) is 75.1 Å². The van der Waals surface area contributed by atoms with E-state index in [0.717, 1.165) is 34.9 Å². The molecule has 3 N–H and O–H groups in total. The maximum Gasteiger partial charge on any atom is 0.339 e. The Hall–Kier alpha value is -3.30. The van der Waals surface area contributed by atoms with Gasteiger partial charge in [-0.15, -0.1) is 0 Å². The molecular formula is C28H32N2O6S. The normalized spacial score (nSPS) is 13.2. The summed E-state index contributed by atoms with van der Waals surface area (Å²) in [5.74, 6) is 0.861. The molecule has 0 radical (unpaired) electrons. The van der Waals surface area contributed by atoms with E-state index in [1.54, 1.807) is 17.8 Å². The Kier molecular flexibility index (Phi) is 9.24. The van der Waals surface area contributed by atoms with Crippen molar-refractivity contribution in [2.24, 2.45) is 0 Å². The Morgan fingerprint density at radius 1 is 1.16 bits per heavy atom. The van der Waals surface area contributed by atoms with Crippen LogP contribution in [0, 0.1) is 6.92 Å². The first kappa shape index (κ1) is 26.8. The highest BCUT2D eigenvalue weighted by Gasteiger charge is 2.24.